The predicted molar refractivity (Wildman–Crippen MR) is 82.8 cm³/mol. The number of furan rings is 1. The number of esters is 1. The molecule has 0 aliphatic heterocycles. The Morgan fingerprint density at radius 2 is 2.05 bits per heavy atom. The van der Waals surface area contributed by atoms with Gasteiger partial charge in [-0.1, -0.05) is 13.0 Å². The van der Waals surface area contributed by atoms with Crippen molar-refractivity contribution in [2.75, 3.05) is 17.7 Å². The molecule has 0 aliphatic carbocycles. The van der Waals surface area contributed by atoms with Gasteiger partial charge in [0, 0.05) is 11.4 Å². The van der Waals surface area contributed by atoms with Gasteiger partial charge >= 0.3 is 5.97 Å². The second-order valence-electron chi connectivity index (χ2n) is 4.68. The summed E-state index contributed by atoms with van der Waals surface area (Å²) in [6, 6.07) is 8.29. The molecule has 116 valence electrons. The summed E-state index contributed by atoms with van der Waals surface area (Å²) in [6.07, 6.45) is 3.41. The van der Waals surface area contributed by atoms with Gasteiger partial charge in [0.05, 0.1) is 18.9 Å². The highest BCUT2D eigenvalue weighted by atomic mass is 16.5. The van der Waals surface area contributed by atoms with Crippen LogP contribution in [-0.2, 0) is 9.53 Å². The Morgan fingerprint density at radius 3 is 2.68 bits per heavy atom. The zero-order valence-electron chi connectivity index (χ0n) is 12.5. The van der Waals surface area contributed by atoms with E-state index in [1.807, 2.05) is 13.0 Å². The van der Waals surface area contributed by atoms with Gasteiger partial charge < -0.3 is 19.8 Å². The standard InChI is InChI=1S/C16H18N2O4/c1-3-14(16(20)21-2)17-12-5-4-6-13(9-12)18-15(19)11-7-8-22-10-11/h4-10,14,17H,3H2,1-2H3,(H,18,19). The van der Waals surface area contributed by atoms with Gasteiger partial charge in [-0.3, -0.25) is 4.79 Å². The van der Waals surface area contributed by atoms with Crippen molar-refractivity contribution in [3.63, 3.8) is 0 Å². The number of rotatable bonds is 6. The molecule has 2 N–H and O–H groups in total. The van der Waals surface area contributed by atoms with Crippen molar-refractivity contribution in [2.45, 2.75) is 19.4 Å². The average Bonchev–Trinajstić information content (AvgIpc) is 3.06. The Kier molecular flexibility index (Phi) is 5.19. The largest absolute Gasteiger partial charge is 0.472 e. The van der Waals surface area contributed by atoms with Gasteiger partial charge in [-0.05, 0) is 30.7 Å². The number of ether oxygens (including phenoxy) is 1. The van der Waals surface area contributed by atoms with Crippen molar-refractivity contribution in [3.05, 3.63) is 48.4 Å². The molecule has 1 aromatic carbocycles. The fraction of sp³-hybridized carbons (Fsp3) is 0.250. The summed E-state index contributed by atoms with van der Waals surface area (Å²) < 4.78 is 9.62. The SMILES string of the molecule is CCC(Nc1cccc(NC(=O)c2ccoc2)c1)C(=O)OC. The number of carbonyl (C=O) groups is 2. The van der Waals surface area contributed by atoms with Crippen LogP contribution in [0.15, 0.2) is 47.3 Å². The summed E-state index contributed by atoms with van der Waals surface area (Å²) in [5.41, 5.74) is 1.79. The van der Waals surface area contributed by atoms with Gasteiger partial charge in [0.15, 0.2) is 0 Å². The zero-order chi connectivity index (χ0) is 15.9. The van der Waals surface area contributed by atoms with Crippen LogP contribution >= 0.6 is 0 Å². The minimum absolute atomic E-state index is 0.258. The molecule has 0 spiro atoms. The molecule has 1 amide bonds. The number of hydrogen-bond donors (Lipinski definition) is 2. The predicted octanol–water partition coefficient (Wildman–Crippen LogP) is 2.90. The van der Waals surface area contributed by atoms with Crippen LogP contribution in [0.4, 0.5) is 11.4 Å². The summed E-state index contributed by atoms with van der Waals surface area (Å²) >= 11 is 0. The lowest BCUT2D eigenvalue weighted by molar-refractivity contribution is -0.141. The highest BCUT2D eigenvalue weighted by Crippen LogP contribution is 2.18. The molecule has 6 heteroatoms. The Balaban J connectivity index is 2.06. The molecular formula is C16H18N2O4. The van der Waals surface area contributed by atoms with Gasteiger partial charge in [-0.25, -0.2) is 4.79 Å². The molecule has 0 radical (unpaired) electrons. The average molecular weight is 302 g/mol. The second-order valence-corrected chi connectivity index (χ2v) is 4.68. The first kappa shape index (κ1) is 15.6. The van der Waals surface area contributed by atoms with E-state index in [1.165, 1.54) is 19.6 Å². The molecule has 1 unspecified atom stereocenters. The van der Waals surface area contributed by atoms with Crippen molar-refractivity contribution in [3.8, 4) is 0 Å². The first-order valence-electron chi connectivity index (χ1n) is 6.92. The smallest absolute Gasteiger partial charge is 0.328 e. The minimum Gasteiger partial charge on any atom is -0.472 e. The lowest BCUT2D eigenvalue weighted by atomic mass is 10.2. The maximum absolute atomic E-state index is 12.0. The van der Waals surface area contributed by atoms with Crippen LogP contribution in [0.3, 0.4) is 0 Å². The number of nitrogens with one attached hydrogen (secondary N) is 2. The third-order valence-corrected chi connectivity index (χ3v) is 3.14. The highest BCUT2D eigenvalue weighted by Gasteiger charge is 2.16. The number of amides is 1. The third-order valence-electron chi connectivity index (χ3n) is 3.14. The maximum atomic E-state index is 12.0. The summed E-state index contributed by atoms with van der Waals surface area (Å²) in [4.78, 5) is 23.6. The Labute approximate surface area is 128 Å². The van der Waals surface area contributed by atoms with E-state index >= 15 is 0 Å². The number of hydrogen-bond acceptors (Lipinski definition) is 5. The molecule has 6 nitrogen and oxygen atoms in total. The lowest BCUT2D eigenvalue weighted by Gasteiger charge is -2.16. The van der Waals surface area contributed by atoms with E-state index in [1.54, 1.807) is 24.3 Å². The molecule has 2 rings (SSSR count). The Morgan fingerprint density at radius 1 is 1.27 bits per heavy atom. The van der Waals surface area contributed by atoms with Crippen molar-refractivity contribution in [1.29, 1.82) is 0 Å². The molecule has 2 aromatic rings. The van der Waals surface area contributed by atoms with Crippen molar-refractivity contribution in [2.24, 2.45) is 0 Å². The zero-order valence-corrected chi connectivity index (χ0v) is 12.5. The van der Waals surface area contributed by atoms with Crippen LogP contribution in [0.1, 0.15) is 23.7 Å². The lowest BCUT2D eigenvalue weighted by Crippen LogP contribution is -2.29. The first-order valence-corrected chi connectivity index (χ1v) is 6.92. The van der Waals surface area contributed by atoms with E-state index in [0.29, 0.717) is 17.7 Å². The molecule has 0 saturated heterocycles. The van der Waals surface area contributed by atoms with Gasteiger partial charge in [0.1, 0.15) is 12.3 Å². The highest BCUT2D eigenvalue weighted by molar-refractivity contribution is 6.04. The van der Waals surface area contributed by atoms with Crippen LogP contribution in [-0.4, -0.2) is 25.0 Å². The molecule has 0 aliphatic rings. The number of anilines is 2. The quantitative estimate of drug-likeness (QED) is 0.802. The third kappa shape index (κ3) is 3.88. The minimum atomic E-state index is -0.426. The molecule has 0 fully saturated rings. The summed E-state index contributed by atoms with van der Waals surface area (Å²) in [5.74, 6) is -0.582. The van der Waals surface area contributed by atoms with E-state index in [9.17, 15) is 9.59 Å². The van der Waals surface area contributed by atoms with Gasteiger partial charge in [0.25, 0.3) is 5.91 Å². The number of carbonyl (C=O) groups excluding carboxylic acids is 2. The van der Waals surface area contributed by atoms with Crippen LogP contribution in [0.2, 0.25) is 0 Å². The summed E-state index contributed by atoms with van der Waals surface area (Å²) in [7, 11) is 1.36. The van der Waals surface area contributed by atoms with Crippen molar-refractivity contribution >= 4 is 23.3 Å². The van der Waals surface area contributed by atoms with E-state index in [2.05, 4.69) is 10.6 Å². The molecule has 1 heterocycles. The molecular weight excluding hydrogens is 284 g/mol. The number of benzene rings is 1. The summed E-state index contributed by atoms with van der Waals surface area (Å²) in [6.45, 7) is 1.89. The molecule has 1 aromatic heterocycles. The fourth-order valence-corrected chi connectivity index (χ4v) is 1.95. The van der Waals surface area contributed by atoms with Crippen LogP contribution in [0.5, 0.6) is 0 Å². The monoisotopic (exact) mass is 302 g/mol. The summed E-state index contributed by atoms with van der Waals surface area (Å²) in [5, 5.41) is 5.85. The fourth-order valence-electron chi connectivity index (χ4n) is 1.95. The Hall–Kier alpha value is -2.76. The van der Waals surface area contributed by atoms with Crippen molar-refractivity contribution < 1.29 is 18.7 Å². The van der Waals surface area contributed by atoms with E-state index in [4.69, 9.17) is 9.15 Å². The molecule has 0 saturated carbocycles. The molecule has 22 heavy (non-hydrogen) atoms. The van der Waals surface area contributed by atoms with Crippen LogP contribution in [0.25, 0.3) is 0 Å². The van der Waals surface area contributed by atoms with E-state index in [-0.39, 0.29) is 11.9 Å². The Bertz CT molecular complexity index is 637. The number of methoxy groups -OCH3 is 1. The topological polar surface area (TPSA) is 80.6 Å². The second kappa shape index (κ2) is 7.31. The van der Waals surface area contributed by atoms with Crippen molar-refractivity contribution in [1.82, 2.24) is 0 Å². The van der Waals surface area contributed by atoms with Gasteiger partial charge in [-0.15, -0.1) is 0 Å². The van der Waals surface area contributed by atoms with Gasteiger partial charge in [-0.2, -0.15) is 0 Å². The van der Waals surface area contributed by atoms with Crippen LogP contribution < -0.4 is 10.6 Å². The normalized spacial score (nSPS) is 11.5. The van der Waals surface area contributed by atoms with E-state index in [0.717, 1.165) is 5.69 Å². The van der Waals surface area contributed by atoms with Crippen LogP contribution in [0, 0.1) is 0 Å². The van der Waals surface area contributed by atoms with Gasteiger partial charge in [0.2, 0.25) is 0 Å². The molecule has 0 bridgehead atoms. The first-order chi connectivity index (χ1) is 10.6. The molecule has 1 atom stereocenters. The maximum Gasteiger partial charge on any atom is 0.328 e. The van der Waals surface area contributed by atoms with E-state index < -0.39 is 6.04 Å².